The zero-order valence-electron chi connectivity index (χ0n) is 11.0. The van der Waals surface area contributed by atoms with Gasteiger partial charge in [0, 0.05) is 16.5 Å². The summed E-state index contributed by atoms with van der Waals surface area (Å²) in [6.45, 7) is 0. The highest BCUT2D eigenvalue weighted by Crippen LogP contribution is 2.26. The lowest BCUT2D eigenvalue weighted by atomic mass is 10.2. The van der Waals surface area contributed by atoms with Crippen LogP contribution in [0.25, 0.3) is 11.3 Å². The Balaban J connectivity index is 1.76. The third kappa shape index (κ3) is 3.09. The normalized spacial score (nSPS) is 10.3. The van der Waals surface area contributed by atoms with Gasteiger partial charge in [0.2, 0.25) is 0 Å². The van der Waals surface area contributed by atoms with Crippen molar-refractivity contribution in [2.24, 2.45) is 0 Å². The summed E-state index contributed by atoms with van der Waals surface area (Å²) in [5.41, 5.74) is 2.26. The van der Waals surface area contributed by atoms with E-state index in [1.54, 1.807) is 36.4 Å². The molecule has 1 amide bonds. The van der Waals surface area contributed by atoms with Crippen molar-refractivity contribution in [3.05, 3.63) is 65.5 Å². The Morgan fingerprint density at radius 1 is 1.05 bits per heavy atom. The molecule has 21 heavy (non-hydrogen) atoms. The second kappa shape index (κ2) is 5.76. The lowest BCUT2D eigenvalue weighted by Crippen LogP contribution is -2.11. The number of phenolic OH excluding ortho intramolecular Hbond substituents is 1. The van der Waals surface area contributed by atoms with Gasteiger partial charge in [-0.15, -0.1) is 11.3 Å². The first kappa shape index (κ1) is 13.3. The maximum absolute atomic E-state index is 12.0. The minimum Gasteiger partial charge on any atom is -0.508 e. The number of nitrogens with zero attached hydrogens (tertiary/aromatic N) is 1. The van der Waals surface area contributed by atoms with Crippen molar-refractivity contribution >= 4 is 22.4 Å². The fraction of sp³-hybridized carbons (Fsp3) is 0. The van der Waals surface area contributed by atoms with Crippen LogP contribution in [0.5, 0.6) is 5.75 Å². The lowest BCUT2D eigenvalue weighted by Gasteiger charge is -2.01. The van der Waals surface area contributed by atoms with Gasteiger partial charge in [0.1, 0.15) is 5.75 Å². The molecule has 0 saturated carbocycles. The van der Waals surface area contributed by atoms with Crippen molar-refractivity contribution < 1.29 is 9.90 Å². The minimum atomic E-state index is -0.179. The van der Waals surface area contributed by atoms with Crippen LogP contribution < -0.4 is 5.32 Å². The summed E-state index contributed by atoms with van der Waals surface area (Å²) in [5.74, 6) is 0.0359. The van der Waals surface area contributed by atoms with Crippen LogP contribution in [0, 0.1) is 0 Å². The molecule has 0 aliphatic rings. The van der Waals surface area contributed by atoms with Gasteiger partial charge in [0.05, 0.1) is 5.69 Å². The highest BCUT2D eigenvalue weighted by Gasteiger charge is 2.09. The van der Waals surface area contributed by atoms with Crippen LogP contribution in [-0.2, 0) is 0 Å². The average molecular weight is 296 g/mol. The first-order valence-electron chi connectivity index (χ1n) is 6.34. The molecule has 104 valence electrons. The topological polar surface area (TPSA) is 62.2 Å². The van der Waals surface area contributed by atoms with Gasteiger partial charge < -0.3 is 5.11 Å². The van der Waals surface area contributed by atoms with Gasteiger partial charge in [-0.05, 0) is 36.4 Å². The molecule has 0 saturated heterocycles. The summed E-state index contributed by atoms with van der Waals surface area (Å²) in [4.78, 5) is 16.4. The van der Waals surface area contributed by atoms with Crippen LogP contribution in [0.2, 0.25) is 0 Å². The van der Waals surface area contributed by atoms with E-state index in [0.29, 0.717) is 10.7 Å². The summed E-state index contributed by atoms with van der Waals surface area (Å²) in [6, 6.07) is 15.8. The molecule has 2 N–H and O–H groups in total. The van der Waals surface area contributed by atoms with E-state index < -0.39 is 0 Å². The van der Waals surface area contributed by atoms with Gasteiger partial charge in [-0.3, -0.25) is 10.1 Å². The monoisotopic (exact) mass is 296 g/mol. The van der Waals surface area contributed by atoms with Crippen molar-refractivity contribution in [2.75, 3.05) is 5.32 Å². The number of thiazole rings is 1. The number of benzene rings is 2. The summed E-state index contributed by atoms with van der Waals surface area (Å²) in [6.07, 6.45) is 0. The standard InChI is InChI=1S/C16H12N2O2S/c19-13-8-6-11(7-9-13)14-10-21-16(17-14)18-15(20)12-4-2-1-3-5-12/h1-10,19H,(H,17,18,20). The van der Waals surface area contributed by atoms with Crippen LogP contribution in [-0.4, -0.2) is 16.0 Å². The number of amides is 1. The maximum atomic E-state index is 12.0. The molecule has 0 fully saturated rings. The molecule has 0 atom stereocenters. The molecule has 3 aromatic rings. The molecule has 4 nitrogen and oxygen atoms in total. The molecule has 0 spiro atoms. The van der Waals surface area contributed by atoms with E-state index in [0.717, 1.165) is 11.3 Å². The first-order chi connectivity index (χ1) is 10.2. The molecule has 0 radical (unpaired) electrons. The fourth-order valence-corrected chi connectivity index (χ4v) is 2.57. The smallest absolute Gasteiger partial charge is 0.257 e. The number of phenols is 1. The van der Waals surface area contributed by atoms with Gasteiger partial charge in [0.15, 0.2) is 5.13 Å². The van der Waals surface area contributed by atoms with Crippen molar-refractivity contribution in [1.29, 1.82) is 0 Å². The number of anilines is 1. The zero-order valence-corrected chi connectivity index (χ0v) is 11.8. The van der Waals surface area contributed by atoms with Crippen LogP contribution in [0.3, 0.4) is 0 Å². The number of hydrogen-bond donors (Lipinski definition) is 2. The van der Waals surface area contributed by atoms with Gasteiger partial charge in [-0.1, -0.05) is 18.2 Å². The molecule has 1 heterocycles. The van der Waals surface area contributed by atoms with E-state index in [1.165, 1.54) is 11.3 Å². The quantitative estimate of drug-likeness (QED) is 0.773. The Kier molecular flexibility index (Phi) is 3.66. The summed E-state index contributed by atoms with van der Waals surface area (Å²) >= 11 is 1.37. The van der Waals surface area contributed by atoms with Crippen LogP contribution in [0.4, 0.5) is 5.13 Å². The largest absolute Gasteiger partial charge is 0.508 e. The van der Waals surface area contributed by atoms with Crippen LogP contribution in [0.1, 0.15) is 10.4 Å². The van der Waals surface area contributed by atoms with Crippen molar-refractivity contribution in [1.82, 2.24) is 4.98 Å². The number of aromatic nitrogens is 1. The fourth-order valence-electron chi connectivity index (χ4n) is 1.85. The molecule has 0 aliphatic carbocycles. The molecule has 3 rings (SSSR count). The highest BCUT2D eigenvalue weighted by atomic mass is 32.1. The number of nitrogens with one attached hydrogen (secondary N) is 1. The predicted octanol–water partition coefficient (Wildman–Crippen LogP) is 3.77. The summed E-state index contributed by atoms with van der Waals surface area (Å²) in [5, 5.41) is 14.5. The lowest BCUT2D eigenvalue weighted by molar-refractivity contribution is 0.102. The van der Waals surface area contributed by atoms with E-state index >= 15 is 0 Å². The SMILES string of the molecule is O=C(Nc1nc(-c2ccc(O)cc2)cs1)c1ccccc1. The Labute approximate surface area is 125 Å². The van der Waals surface area contributed by atoms with E-state index in [9.17, 15) is 9.90 Å². The third-order valence-corrected chi connectivity index (χ3v) is 3.68. The van der Waals surface area contributed by atoms with Gasteiger partial charge >= 0.3 is 0 Å². The molecule has 0 bridgehead atoms. The minimum absolute atomic E-state index is 0.179. The summed E-state index contributed by atoms with van der Waals surface area (Å²) < 4.78 is 0. The van der Waals surface area contributed by atoms with Gasteiger partial charge in [-0.2, -0.15) is 0 Å². The molecular formula is C16H12N2O2S. The van der Waals surface area contributed by atoms with Crippen LogP contribution >= 0.6 is 11.3 Å². The summed E-state index contributed by atoms with van der Waals surface area (Å²) in [7, 11) is 0. The van der Waals surface area contributed by atoms with E-state index in [-0.39, 0.29) is 11.7 Å². The van der Waals surface area contributed by atoms with E-state index in [1.807, 2.05) is 23.6 Å². The highest BCUT2D eigenvalue weighted by molar-refractivity contribution is 7.14. The number of hydrogen-bond acceptors (Lipinski definition) is 4. The Morgan fingerprint density at radius 3 is 2.48 bits per heavy atom. The Morgan fingerprint density at radius 2 is 1.76 bits per heavy atom. The van der Waals surface area contributed by atoms with Crippen molar-refractivity contribution in [3.8, 4) is 17.0 Å². The predicted molar refractivity (Wildman–Crippen MR) is 83.6 cm³/mol. The number of carbonyl (C=O) groups is 1. The molecule has 5 heteroatoms. The molecule has 1 aromatic heterocycles. The third-order valence-electron chi connectivity index (χ3n) is 2.92. The number of rotatable bonds is 3. The molecular weight excluding hydrogens is 284 g/mol. The van der Waals surface area contributed by atoms with Crippen molar-refractivity contribution in [2.45, 2.75) is 0 Å². The zero-order chi connectivity index (χ0) is 14.7. The molecule has 0 aliphatic heterocycles. The van der Waals surface area contributed by atoms with E-state index in [2.05, 4.69) is 10.3 Å². The number of carbonyl (C=O) groups excluding carboxylic acids is 1. The van der Waals surface area contributed by atoms with Crippen molar-refractivity contribution in [3.63, 3.8) is 0 Å². The number of aromatic hydroxyl groups is 1. The van der Waals surface area contributed by atoms with Gasteiger partial charge in [-0.25, -0.2) is 4.98 Å². The second-order valence-corrected chi connectivity index (χ2v) is 5.26. The van der Waals surface area contributed by atoms with E-state index in [4.69, 9.17) is 0 Å². The Hall–Kier alpha value is -2.66. The van der Waals surface area contributed by atoms with Crippen LogP contribution in [0.15, 0.2) is 60.0 Å². The second-order valence-electron chi connectivity index (χ2n) is 4.40. The maximum Gasteiger partial charge on any atom is 0.257 e. The van der Waals surface area contributed by atoms with Gasteiger partial charge in [0.25, 0.3) is 5.91 Å². The molecule has 2 aromatic carbocycles. The average Bonchev–Trinajstić information content (AvgIpc) is 2.97. The molecule has 0 unspecified atom stereocenters. The Bertz CT molecular complexity index is 751. The first-order valence-corrected chi connectivity index (χ1v) is 7.22.